The molecule has 0 spiro atoms. The Morgan fingerprint density at radius 1 is 1.12 bits per heavy atom. The van der Waals surface area contributed by atoms with Crippen LogP contribution in [0.3, 0.4) is 0 Å². The lowest BCUT2D eigenvalue weighted by Gasteiger charge is -2.37. The van der Waals surface area contributed by atoms with Crippen LogP contribution in [-0.2, 0) is 4.79 Å². The van der Waals surface area contributed by atoms with Gasteiger partial charge in [-0.15, -0.1) is 0 Å². The molecular weight excluding hydrogens is 373 g/mol. The smallest absolute Gasteiger partial charge is 0.306 e. The molecule has 0 aliphatic carbocycles. The topological polar surface area (TPSA) is 40.5 Å². The van der Waals surface area contributed by atoms with E-state index >= 15 is 0 Å². The molecule has 2 aromatic carbocycles. The first-order chi connectivity index (χ1) is 11.6. The van der Waals surface area contributed by atoms with Gasteiger partial charge in [0.2, 0.25) is 0 Å². The van der Waals surface area contributed by atoms with E-state index in [4.69, 9.17) is 0 Å². The van der Waals surface area contributed by atoms with E-state index in [1.165, 1.54) is 12.1 Å². The van der Waals surface area contributed by atoms with Crippen LogP contribution in [0.2, 0.25) is 0 Å². The van der Waals surface area contributed by atoms with Crippen molar-refractivity contribution >= 4 is 21.9 Å². The van der Waals surface area contributed by atoms with Gasteiger partial charge in [-0.05, 0) is 55.3 Å². The van der Waals surface area contributed by atoms with Crippen molar-refractivity contribution in [2.24, 2.45) is 5.92 Å². The van der Waals surface area contributed by atoms with Crippen LogP contribution < -0.4 is 0 Å². The van der Waals surface area contributed by atoms with Crippen molar-refractivity contribution in [2.75, 3.05) is 13.1 Å². The SMILES string of the molecule is O=C(O)C1CCN(C(c2ccc(F)cc2)c2ccccc2Br)CC1. The zero-order valence-electron chi connectivity index (χ0n) is 13.2. The molecule has 0 aromatic heterocycles. The Hall–Kier alpha value is -1.72. The first kappa shape index (κ1) is 17.1. The third-order valence-electron chi connectivity index (χ3n) is 4.63. The highest BCUT2D eigenvalue weighted by atomic mass is 79.9. The number of hydrogen-bond donors (Lipinski definition) is 1. The molecular formula is C19H19BrFNO2. The fraction of sp³-hybridized carbons (Fsp3) is 0.316. The third-order valence-corrected chi connectivity index (χ3v) is 5.35. The summed E-state index contributed by atoms with van der Waals surface area (Å²) >= 11 is 3.62. The van der Waals surface area contributed by atoms with Crippen LogP contribution in [0, 0.1) is 11.7 Å². The molecule has 5 heteroatoms. The summed E-state index contributed by atoms with van der Waals surface area (Å²) in [4.78, 5) is 13.5. The van der Waals surface area contributed by atoms with Gasteiger partial charge in [-0.1, -0.05) is 46.3 Å². The van der Waals surface area contributed by atoms with Gasteiger partial charge < -0.3 is 5.11 Å². The van der Waals surface area contributed by atoms with Crippen molar-refractivity contribution in [2.45, 2.75) is 18.9 Å². The van der Waals surface area contributed by atoms with Gasteiger partial charge in [0, 0.05) is 4.47 Å². The van der Waals surface area contributed by atoms with E-state index in [9.17, 15) is 14.3 Å². The van der Waals surface area contributed by atoms with Crippen LogP contribution in [0.25, 0.3) is 0 Å². The Bertz CT molecular complexity index is 712. The molecule has 1 saturated heterocycles. The minimum atomic E-state index is -0.714. The summed E-state index contributed by atoms with van der Waals surface area (Å²) in [6.45, 7) is 1.42. The summed E-state index contributed by atoms with van der Waals surface area (Å²) < 4.78 is 14.3. The highest BCUT2D eigenvalue weighted by Gasteiger charge is 2.30. The molecule has 3 nitrogen and oxygen atoms in total. The predicted molar refractivity (Wildman–Crippen MR) is 94.3 cm³/mol. The number of halogens is 2. The number of hydrogen-bond acceptors (Lipinski definition) is 2. The van der Waals surface area contributed by atoms with Crippen molar-refractivity contribution in [1.82, 2.24) is 4.90 Å². The predicted octanol–water partition coefficient (Wildman–Crippen LogP) is 4.47. The van der Waals surface area contributed by atoms with Gasteiger partial charge in [-0.25, -0.2) is 4.39 Å². The van der Waals surface area contributed by atoms with Crippen LogP contribution in [0.15, 0.2) is 53.0 Å². The van der Waals surface area contributed by atoms with Crippen molar-refractivity contribution in [1.29, 1.82) is 0 Å². The summed E-state index contributed by atoms with van der Waals surface area (Å²) in [7, 11) is 0. The van der Waals surface area contributed by atoms with Crippen LogP contribution in [0.4, 0.5) is 4.39 Å². The van der Waals surface area contributed by atoms with E-state index in [0.717, 1.165) is 15.6 Å². The quantitative estimate of drug-likeness (QED) is 0.835. The fourth-order valence-electron chi connectivity index (χ4n) is 3.33. The average molecular weight is 392 g/mol. The minimum absolute atomic E-state index is 0.0177. The number of benzene rings is 2. The van der Waals surface area contributed by atoms with Crippen LogP contribution in [0.1, 0.15) is 30.0 Å². The molecule has 3 rings (SSSR count). The number of carboxylic acids is 1. The van der Waals surface area contributed by atoms with Gasteiger partial charge in [0.25, 0.3) is 0 Å². The lowest BCUT2D eigenvalue weighted by atomic mass is 9.91. The van der Waals surface area contributed by atoms with Crippen molar-refractivity contribution in [3.63, 3.8) is 0 Å². The second kappa shape index (κ2) is 7.45. The van der Waals surface area contributed by atoms with Crippen molar-refractivity contribution in [3.05, 3.63) is 69.9 Å². The third kappa shape index (κ3) is 3.68. The Morgan fingerprint density at radius 2 is 1.75 bits per heavy atom. The first-order valence-corrected chi connectivity index (χ1v) is 8.82. The van der Waals surface area contributed by atoms with Crippen molar-refractivity contribution < 1.29 is 14.3 Å². The standard InChI is InChI=1S/C19H19BrFNO2/c20-17-4-2-1-3-16(17)18(13-5-7-15(21)8-6-13)22-11-9-14(10-12-22)19(23)24/h1-8,14,18H,9-12H2,(H,23,24). The number of aliphatic carboxylic acids is 1. The van der Waals surface area contributed by atoms with E-state index in [2.05, 4.69) is 26.9 Å². The molecule has 1 N–H and O–H groups in total. The number of rotatable bonds is 4. The lowest BCUT2D eigenvalue weighted by Crippen LogP contribution is -2.39. The Kier molecular flexibility index (Phi) is 5.31. The van der Waals surface area contributed by atoms with E-state index < -0.39 is 5.97 Å². The molecule has 1 unspecified atom stereocenters. The molecule has 1 atom stereocenters. The fourth-order valence-corrected chi connectivity index (χ4v) is 3.84. The monoisotopic (exact) mass is 391 g/mol. The normalized spacial score (nSPS) is 17.6. The summed E-state index contributed by atoms with van der Waals surface area (Å²) in [6.07, 6.45) is 1.27. The zero-order valence-corrected chi connectivity index (χ0v) is 14.7. The van der Waals surface area contributed by atoms with Crippen molar-refractivity contribution in [3.8, 4) is 0 Å². The molecule has 1 fully saturated rings. The summed E-state index contributed by atoms with van der Waals surface area (Å²) in [5, 5.41) is 9.20. The maximum atomic E-state index is 13.3. The van der Waals surface area contributed by atoms with Gasteiger partial charge in [0.1, 0.15) is 5.82 Å². The molecule has 0 bridgehead atoms. The van der Waals surface area contributed by atoms with Gasteiger partial charge >= 0.3 is 5.97 Å². The molecule has 126 valence electrons. The number of carbonyl (C=O) groups is 1. The molecule has 1 aliphatic heterocycles. The Morgan fingerprint density at radius 3 is 2.33 bits per heavy atom. The maximum Gasteiger partial charge on any atom is 0.306 e. The molecule has 2 aromatic rings. The van der Waals surface area contributed by atoms with Gasteiger partial charge in [0.15, 0.2) is 0 Å². The van der Waals surface area contributed by atoms with E-state index in [1.54, 1.807) is 0 Å². The lowest BCUT2D eigenvalue weighted by molar-refractivity contribution is -0.143. The molecule has 0 radical (unpaired) electrons. The van der Waals surface area contributed by atoms with Gasteiger partial charge in [-0.2, -0.15) is 0 Å². The average Bonchev–Trinajstić information content (AvgIpc) is 2.59. The number of piperidine rings is 1. The second-order valence-corrected chi connectivity index (χ2v) is 6.98. The number of nitrogens with zero attached hydrogens (tertiary/aromatic N) is 1. The van der Waals surface area contributed by atoms with Crippen LogP contribution >= 0.6 is 15.9 Å². The van der Waals surface area contributed by atoms with Gasteiger partial charge in [-0.3, -0.25) is 9.69 Å². The van der Waals surface area contributed by atoms with Crippen LogP contribution in [-0.4, -0.2) is 29.1 Å². The summed E-state index contributed by atoms with van der Waals surface area (Å²) in [5.74, 6) is -1.24. The maximum absolute atomic E-state index is 13.3. The van der Waals surface area contributed by atoms with E-state index in [0.29, 0.717) is 25.9 Å². The molecule has 0 amide bonds. The molecule has 1 aliphatic rings. The first-order valence-electron chi connectivity index (χ1n) is 8.03. The molecule has 24 heavy (non-hydrogen) atoms. The van der Waals surface area contributed by atoms with E-state index in [1.807, 2.05) is 30.3 Å². The molecule has 1 heterocycles. The molecule has 0 saturated carbocycles. The van der Waals surface area contributed by atoms with Crippen LogP contribution in [0.5, 0.6) is 0 Å². The Labute approximate surface area is 149 Å². The highest BCUT2D eigenvalue weighted by molar-refractivity contribution is 9.10. The summed E-state index contributed by atoms with van der Waals surface area (Å²) in [6, 6.07) is 14.6. The largest absolute Gasteiger partial charge is 0.481 e. The minimum Gasteiger partial charge on any atom is -0.481 e. The number of likely N-dealkylation sites (tertiary alicyclic amines) is 1. The second-order valence-electron chi connectivity index (χ2n) is 6.12. The summed E-state index contributed by atoms with van der Waals surface area (Å²) in [5.41, 5.74) is 2.12. The zero-order chi connectivity index (χ0) is 17.1. The Balaban J connectivity index is 1.93. The van der Waals surface area contributed by atoms with E-state index in [-0.39, 0.29) is 17.8 Å². The highest BCUT2D eigenvalue weighted by Crippen LogP contribution is 2.36. The number of carboxylic acid groups (broad SMARTS) is 1. The van der Waals surface area contributed by atoms with Gasteiger partial charge in [0.05, 0.1) is 12.0 Å².